The zero-order valence-electron chi connectivity index (χ0n) is 14.3. The highest BCUT2D eigenvalue weighted by Gasteiger charge is 2.36. The summed E-state index contributed by atoms with van der Waals surface area (Å²) < 4.78 is 0. The molecule has 144 valence electrons. The monoisotopic (exact) mass is 361 g/mol. The van der Waals surface area contributed by atoms with Crippen LogP contribution in [0.4, 0.5) is 0 Å². The van der Waals surface area contributed by atoms with Crippen LogP contribution in [0.1, 0.15) is 26.2 Å². The number of aliphatic hydroxyl groups is 2. The van der Waals surface area contributed by atoms with Crippen LogP contribution in [0.3, 0.4) is 0 Å². The maximum absolute atomic E-state index is 11.9. The summed E-state index contributed by atoms with van der Waals surface area (Å²) in [5.41, 5.74) is 0. The molecular weight excluding hydrogens is 333 g/mol. The summed E-state index contributed by atoms with van der Waals surface area (Å²) in [6.07, 6.45) is -0.297. The molecule has 0 aromatic carbocycles. The molecule has 0 saturated carbocycles. The molecule has 25 heavy (non-hydrogen) atoms. The molecule has 0 radical (unpaired) electrons. The second kappa shape index (κ2) is 10.7. The van der Waals surface area contributed by atoms with Gasteiger partial charge < -0.3 is 40.9 Å². The molecule has 7 N–H and O–H groups in total. The van der Waals surface area contributed by atoms with Gasteiger partial charge in [-0.1, -0.05) is 0 Å². The number of aliphatic carboxylic acids is 1. The molecule has 0 aliphatic carbocycles. The Bertz CT molecular complexity index is 433. The van der Waals surface area contributed by atoms with Gasteiger partial charge in [-0.15, -0.1) is 0 Å². The molecule has 2 aliphatic rings. The van der Waals surface area contributed by atoms with Crippen LogP contribution in [0.5, 0.6) is 0 Å². The first kappa shape index (κ1) is 21.8. The van der Waals surface area contributed by atoms with Crippen molar-refractivity contribution in [1.82, 2.24) is 15.5 Å². The SMILES string of the molecule is C[C@H](O)[C@@H](O)C(=O)O.O=C(CN[C@@H]1CCNC1)N1CCC[C@H]1B(O)O. The third-order valence-corrected chi connectivity index (χ3v) is 4.28. The fraction of sp³-hybridized carbons (Fsp3) is 0.857. The molecule has 0 aromatic rings. The van der Waals surface area contributed by atoms with Crippen molar-refractivity contribution in [3.05, 3.63) is 0 Å². The molecule has 2 saturated heterocycles. The van der Waals surface area contributed by atoms with Crippen LogP contribution >= 0.6 is 0 Å². The fourth-order valence-electron chi connectivity index (χ4n) is 2.78. The lowest BCUT2D eigenvalue weighted by Gasteiger charge is -2.24. The molecule has 11 heteroatoms. The average Bonchev–Trinajstić information content (AvgIpc) is 3.23. The van der Waals surface area contributed by atoms with E-state index < -0.39 is 31.2 Å². The summed E-state index contributed by atoms with van der Waals surface area (Å²) in [5.74, 6) is -1.86. The second-order valence-corrected chi connectivity index (χ2v) is 6.30. The Labute approximate surface area is 147 Å². The standard InChI is InChI=1S/C10H20BN3O3.C4H8O4/c15-10(7-13-8-3-4-12-6-8)14-5-1-2-9(14)11(16)17;1-2(5)3(6)4(7)8/h8-9,12-13,16-17H,1-7H2;2-3,5-6H,1H3,(H,7,8)/t8-,9+;2-,3+/m10/s1. The predicted molar refractivity (Wildman–Crippen MR) is 89.5 cm³/mol. The fourth-order valence-corrected chi connectivity index (χ4v) is 2.78. The van der Waals surface area contributed by atoms with Crippen molar-refractivity contribution in [1.29, 1.82) is 0 Å². The second-order valence-electron chi connectivity index (χ2n) is 6.30. The zero-order valence-corrected chi connectivity index (χ0v) is 14.3. The van der Waals surface area contributed by atoms with E-state index in [1.807, 2.05) is 0 Å². The number of carbonyl (C=O) groups excluding carboxylic acids is 1. The molecule has 1 amide bonds. The van der Waals surface area contributed by atoms with Gasteiger partial charge in [-0.05, 0) is 32.7 Å². The summed E-state index contributed by atoms with van der Waals surface area (Å²) in [7, 11) is -1.42. The average molecular weight is 361 g/mol. The van der Waals surface area contributed by atoms with Crippen LogP contribution in [0.25, 0.3) is 0 Å². The van der Waals surface area contributed by atoms with Gasteiger partial charge in [0.05, 0.1) is 18.6 Å². The van der Waals surface area contributed by atoms with E-state index in [4.69, 9.17) is 15.3 Å². The van der Waals surface area contributed by atoms with E-state index in [-0.39, 0.29) is 12.5 Å². The first-order valence-electron chi connectivity index (χ1n) is 8.42. The van der Waals surface area contributed by atoms with E-state index in [1.54, 1.807) is 4.90 Å². The molecule has 10 nitrogen and oxygen atoms in total. The maximum atomic E-state index is 11.9. The van der Waals surface area contributed by atoms with E-state index in [0.29, 0.717) is 19.0 Å². The molecule has 0 unspecified atom stereocenters. The van der Waals surface area contributed by atoms with Gasteiger partial charge in [0.2, 0.25) is 5.91 Å². The van der Waals surface area contributed by atoms with Crippen molar-refractivity contribution in [3.63, 3.8) is 0 Å². The minimum atomic E-state index is -1.66. The number of carboxylic acids is 1. The highest BCUT2D eigenvalue weighted by molar-refractivity contribution is 6.43. The number of carboxylic acid groups (broad SMARTS) is 1. The van der Waals surface area contributed by atoms with E-state index in [2.05, 4.69) is 10.6 Å². The summed E-state index contributed by atoms with van der Waals surface area (Å²) >= 11 is 0. The molecule has 0 bridgehead atoms. The van der Waals surface area contributed by atoms with Crippen LogP contribution in [0.15, 0.2) is 0 Å². The van der Waals surface area contributed by atoms with Gasteiger partial charge in [0.25, 0.3) is 0 Å². The quantitative estimate of drug-likeness (QED) is 0.241. The molecule has 0 aromatic heterocycles. The van der Waals surface area contributed by atoms with Gasteiger partial charge in [0, 0.05) is 19.1 Å². The molecule has 2 rings (SSSR count). The van der Waals surface area contributed by atoms with E-state index in [1.165, 1.54) is 6.92 Å². The Kier molecular flexibility index (Phi) is 9.32. The Morgan fingerprint density at radius 1 is 1.32 bits per heavy atom. The number of carbonyl (C=O) groups is 2. The summed E-state index contributed by atoms with van der Waals surface area (Å²) in [6, 6.07) is 0.360. The lowest BCUT2D eigenvalue weighted by atomic mass is 9.78. The molecular formula is C14H28BN3O7. The van der Waals surface area contributed by atoms with Crippen LogP contribution < -0.4 is 10.6 Å². The highest BCUT2D eigenvalue weighted by atomic mass is 16.4. The molecule has 2 fully saturated rings. The van der Waals surface area contributed by atoms with E-state index in [0.717, 1.165) is 25.9 Å². The molecule has 0 spiro atoms. The van der Waals surface area contributed by atoms with E-state index in [9.17, 15) is 19.6 Å². The smallest absolute Gasteiger partial charge is 0.475 e. The lowest BCUT2D eigenvalue weighted by molar-refractivity contribution is -0.152. The zero-order chi connectivity index (χ0) is 19.0. The molecule has 2 aliphatic heterocycles. The van der Waals surface area contributed by atoms with E-state index >= 15 is 0 Å². The third-order valence-electron chi connectivity index (χ3n) is 4.28. The Hall–Kier alpha value is -1.24. The van der Waals surface area contributed by atoms with Crippen LogP contribution in [0.2, 0.25) is 0 Å². The number of hydrogen-bond donors (Lipinski definition) is 7. The number of hydrogen-bond acceptors (Lipinski definition) is 8. The number of nitrogens with one attached hydrogen (secondary N) is 2. The Morgan fingerprint density at radius 2 is 2.00 bits per heavy atom. The van der Waals surface area contributed by atoms with Crippen LogP contribution in [-0.2, 0) is 9.59 Å². The number of likely N-dealkylation sites (tertiary alicyclic amines) is 1. The molecule has 2 heterocycles. The largest absolute Gasteiger partial charge is 0.479 e. The highest BCUT2D eigenvalue weighted by Crippen LogP contribution is 2.17. The lowest BCUT2D eigenvalue weighted by Crippen LogP contribution is -2.49. The van der Waals surface area contributed by atoms with Crippen LogP contribution in [-0.4, -0.2) is 99.6 Å². The van der Waals surface area contributed by atoms with Gasteiger partial charge in [-0.3, -0.25) is 4.79 Å². The topological polar surface area (TPSA) is 163 Å². The number of rotatable bonds is 6. The van der Waals surface area contributed by atoms with Crippen molar-refractivity contribution in [2.45, 2.75) is 50.4 Å². The Balaban J connectivity index is 0.000000333. The van der Waals surface area contributed by atoms with Crippen LogP contribution in [0, 0.1) is 0 Å². The number of nitrogens with zero attached hydrogens (tertiary/aromatic N) is 1. The minimum Gasteiger partial charge on any atom is -0.479 e. The van der Waals surface area contributed by atoms with Gasteiger partial charge in [0.15, 0.2) is 6.10 Å². The Morgan fingerprint density at radius 3 is 2.44 bits per heavy atom. The van der Waals surface area contributed by atoms with Crippen molar-refractivity contribution >= 4 is 19.0 Å². The maximum Gasteiger partial charge on any atom is 0.475 e. The summed E-state index contributed by atoms with van der Waals surface area (Å²) in [5, 5.41) is 49.4. The van der Waals surface area contributed by atoms with Crippen molar-refractivity contribution in [2.24, 2.45) is 0 Å². The summed E-state index contributed by atoms with van der Waals surface area (Å²) in [6.45, 7) is 4.02. The van der Waals surface area contributed by atoms with Crippen molar-refractivity contribution < 1.29 is 35.0 Å². The first-order valence-corrected chi connectivity index (χ1v) is 8.42. The van der Waals surface area contributed by atoms with Gasteiger partial charge >= 0.3 is 13.1 Å². The van der Waals surface area contributed by atoms with Gasteiger partial charge in [0.1, 0.15) is 0 Å². The third kappa shape index (κ3) is 7.26. The number of amides is 1. The first-order chi connectivity index (χ1) is 11.7. The molecule has 4 atom stereocenters. The predicted octanol–water partition coefficient (Wildman–Crippen LogP) is -3.25. The van der Waals surface area contributed by atoms with Gasteiger partial charge in [-0.25, -0.2) is 4.79 Å². The van der Waals surface area contributed by atoms with Crippen molar-refractivity contribution in [2.75, 3.05) is 26.2 Å². The minimum absolute atomic E-state index is 0.0347. The van der Waals surface area contributed by atoms with Gasteiger partial charge in [-0.2, -0.15) is 0 Å². The normalized spacial score (nSPS) is 25.1. The summed E-state index contributed by atoms with van der Waals surface area (Å²) in [4.78, 5) is 23.3. The van der Waals surface area contributed by atoms with Crippen molar-refractivity contribution in [3.8, 4) is 0 Å². The number of aliphatic hydroxyl groups excluding tert-OH is 2.